The standard InChI is InChI=1S/C15H12FN3OS/c16-12-5-3-11(4-6-12)14(13-2-1-9-21-13)18-15(20)19-8-7-17-10-19/h1-10,14H,(H,18,20). The lowest BCUT2D eigenvalue weighted by molar-refractivity contribution is 0.240. The second-order valence-corrected chi connectivity index (χ2v) is 5.40. The van der Waals surface area contributed by atoms with E-state index in [0.29, 0.717) is 0 Å². The third-order valence-corrected chi connectivity index (χ3v) is 3.97. The highest BCUT2D eigenvalue weighted by Gasteiger charge is 2.18. The van der Waals surface area contributed by atoms with Crippen molar-refractivity contribution in [3.05, 3.63) is 76.8 Å². The molecule has 1 N–H and O–H groups in total. The van der Waals surface area contributed by atoms with E-state index in [1.165, 1.54) is 40.6 Å². The number of benzene rings is 1. The van der Waals surface area contributed by atoms with Gasteiger partial charge in [0.2, 0.25) is 0 Å². The Labute approximate surface area is 124 Å². The van der Waals surface area contributed by atoms with E-state index in [1.54, 1.807) is 18.3 Å². The molecule has 4 nitrogen and oxygen atoms in total. The molecule has 2 aromatic heterocycles. The number of nitrogens with one attached hydrogen (secondary N) is 1. The molecular formula is C15H12FN3OS. The van der Waals surface area contributed by atoms with Crippen molar-refractivity contribution in [3.63, 3.8) is 0 Å². The summed E-state index contributed by atoms with van der Waals surface area (Å²) in [4.78, 5) is 17.0. The predicted molar refractivity (Wildman–Crippen MR) is 78.7 cm³/mol. The average molecular weight is 301 g/mol. The Morgan fingerprint density at radius 1 is 1.29 bits per heavy atom. The smallest absolute Gasteiger partial charge is 0.326 e. The molecule has 0 aliphatic heterocycles. The number of imidazole rings is 1. The van der Waals surface area contributed by atoms with Crippen LogP contribution in [0.15, 0.2) is 60.5 Å². The van der Waals surface area contributed by atoms with Gasteiger partial charge >= 0.3 is 6.03 Å². The Bertz CT molecular complexity index is 708. The van der Waals surface area contributed by atoms with Crippen LogP contribution in [0.1, 0.15) is 16.5 Å². The van der Waals surface area contributed by atoms with Gasteiger partial charge in [0, 0.05) is 17.3 Å². The third kappa shape index (κ3) is 3.00. The number of amides is 1. The van der Waals surface area contributed by atoms with Crippen LogP contribution in [-0.4, -0.2) is 15.6 Å². The number of carbonyl (C=O) groups excluding carboxylic acids is 1. The summed E-state index contributed by atoms with van der Waals surface area (Å²) in [7, 11) is 0. The zero-order valence-electron chi connectivity index (χ0n) is 10.9. The fourth-order valence-electron chi connectivity index (χ4n) is 2.01. The van der Waals surface area contributed by atoms with Crippen molar-refractivity contribution in [1.82, 2.24) is 14.9 Å². The second-order valence-electron chi connectivity index (χ2n) is 4.42. The number of aromatic nitrogens is 2. The summed E-state index contributed by atoms with van der Waals surface area (Å²) in [6, 6.07) is 9.38. The summed E-state index contributed by atoms with van der Waals surface area (Å²) in [6.07, 6.45) is 4.55. The Morgan fingerprint density at radius 2 is 2.10 bits per heavy atom. The van der Waals surface area contributed by atoms with Crippen molar-refractivity contribution in [2.75, 3.05) is 0 Å². The molecule has 21 heavy (non-hydrogen) atoms. The van der Waals surface area contributed by atoms with Crippen LogP contribution in [0.4, 0.5) is 9.18 Å². The number of halogens is 1. The fourth-order valence-corrected chi connectivity index (χ4v) is 2.81. The number of rotatable bonds is 3. The zero-order chi connectivity index (χ0) is 14.7. The second kappa shape index (κ2) is 5.88. The van der Waals surface area contributed by atoms with Gasteiger partial charge in [-0.1, -0.05) is 18.2 Å². The topological polar surface area (TPSA) is 46.9 Å². The van der Waals surface area contributed by atoms with E-state index in [4.69, 9.17) is 0 Å². The Hall–Kier alpha value is -2.47. The van der Waals surface area contributed by atoms with Crippen LogP contribution < -0.4 is 5.32 Å². The highest BCUT2D eigenvalue weighted by molar-refractivity contribution is 7.10. The fraction of sp³-hybridized carbons (Fsp3) is 0.0667. The maximum atomic E-state index is 13.1. The third-order valence-electron chi connectivity index (χ3n) is 3.04. The molecule has 0 radical (unpaired) electrons. The largest absolute Gasteiger partial charge is 0.327 e. The molecule has 106 valence electrons. The Balaban J connectivity index is 1.90. The number of hydrogen-bond donors (Lipinski definition) is 1. The molecule has 1 aromatic carbocycles. The van der Waals surface area contributed by atoms with Crippen LogP contribution >= 0.6 is 11.3 Å². The summed E-state index contributed by atoms with van der Waals surface area (Å²) >= 11 is 1.54. The first-order valence-electron chi connectivity index (χ1n) is 6.32. The van der Waals surface area contributed by atoms with Crippen molar-refractivity contribution < 1.29 is 9.18 Å². The van der Waals surface area contributed by atoms with Gasteiger partial charge in [0.1, 0.15) is 12.1 Å². The number of thiophene rings is 1. The molecule has 0 spiro atoms. The molecule has 0 bridgehead atoms. The Kier molecular flexibility index (Phi) is 3.79. The summed E-state index contributed by atoms with van der Waals surface area (Å²) in [5.41, 5.74) is 0.826. The summed E-state index contributed by atoms with van der Waals surface area (Å²) in [5.74, 6) is -0.301. The molecule has 0 saturated heterocycles. The lowest BCUT2D eigenvalue weighted by atomic mass is 10.1. The molecule has 1 unspecified atom stereocenters. The van der Waals surface area contributed by atoms with Gasteiger partial charge in [0.05, 0.1) is 6.04 Å². The molecular weight excluding hydrogens is 289 g/mol. The number of nitrogens with zero attached hydrogens (tertiary/aromatic N) is 2. The van der Waals surface area contributed by atoms with Crippen LogP contribution in [0, 0.1) is 5.82 Å². The minimum atomic E-state index is -0.319. The SMILES string of the molecule is O=C(NC(c1ccc(F)cc1)c1cccs1)n1ccnc1. The van der Waals surface area contributed by atoms with Gasteiger partial charge in [-0.25, -0.2) is 14.2 Å². The molecule has 0 aliphatic rings. The molecule has 3 aromatic rings. The molecule has 2 heterocycles. The van der Waals surface area contributed by atoms with Gasteiger partial charge < -0.3 is 5.32 Å². The van der Waals surface area contributed by atoms with Crippen LogP contribution in [-0.2, 0) is 0 Å². The first-order valence-corrected chi connectivity index (χ1v) is 7.20. The van der Waals surface area contributed by atoms with E-state index in [1.807, 2.05) is 17.5 Å². The summed E-state index contributed by atoms with van der Waals surface area (Å²) < 4.78 is 14.4. The van der Waals surface area contributed by atoms with Crippen LogP contribution in [0.2, 0.25) is 0 Å². The minimum Gasteiger partial charge on any atom is -0.326 e. The van der Waals surface area contributed by atoms with Gasteiger partial charge in [-0.05, 0) is 29.1 Å². The number of carbonyl (C=O) groups is 1. The van der Waals surface area contributed by atoms with Crippen LogP contribution in [0.3, 0.4) is 0 Å². The molecule has 6 heteroatoms. The number of hydrogen-bond acceptors (Lipinski definition) is 3. The summed E-state index contributed by atoms with van der Waals surface area (Å²) in [6.45, 7) is 0. The van der Waals surface area contributed by atoms with E-state index < -0.39 is 0 Å². The van der Waals surface area contributed by atoms with E-state index in [0.717, 1.165) is 10.4 Å². The molecule has 3 rings (SSSR count). The van der Waals surface area contributed by atoms with Crippen molar-refractivity contribution in [2.45, 2.75) is 6.04 Å². The van der Waals surface area contributed by atoms with Gasteiger partial charge in [-0.15, -0.1) is 11.3 Å². The Morgan fingerprint density at radius 3 is 2.71 bits per heavy atom. The lowest BCUT2D eigenvalue weighted by Gasteiger charge is -2.18. The quantitative estimate of drug-likeness (QED) is 0.805. The van der Waals surface area contributed by atoms with Gasteiger partial charge in [0.25, 0.3) is 0 Å². The molecule has 0 fully saturated rings. The maximum absolute atomic E-state index is 13.1. The molecule has 1 amide bonds. The average Bonchev–Trinajstić information content (AvgIpc) is 3.19. The lowest BCUT2D eigenvalue weighted by Crippen LogP contribution is -2.32. The first-order chi connectivity index (χ1) is 10.2. The van der Waals surface area contributed by atoms with E-state index in [-0.39, 0.29) is 17.9 Å². The molecule has 0 saturated carbocycles. The van der Waals surface area contributed by atoms with Crippen LogP contribution in [0.25, 0.3) is 0 Å². The zero-order valence-corrected chi connectivity index (χ0v) is 11.8. The normalized spacial score (nSPS) is 12.0. The van der Waals surface area contributed by atoms with Crippen LogP contribution in [0.5, 0.6) is 0 Å². The predicted octanol–water partition coefficient (Wildman–Crippen LogP) is 3.43. The summed E-state index contributed by atoms with van der Waals surface area (Å²) in [5, 5.41) is 4.87. The van der Waals surface area contributed by atoms with Crippen molar-refractivity contribution in [2.24, 2.45) is 0 Å². The minimum absolute atomic E-state index is 0.282. The molecule has 1 atom stereocenters. The van der Waals surface area contributed by atoms with Crippen molar-refractivity contribution in [3.8, 4) is 0 Å². The molecule has 0 aliphatic carbocycles. The van der Waals surface area contributed by atoms with Crippen molar-refractivity contribution >= 4 is 17.4 Å². The monoisotopic (exact) mass is 301 g/mol. The maximum Gasteiger partial charge on any atom is 0.327 e. The van der Waals surface area contributed by atoms with Gasteiger partial charge in [0.15, 0.2) is 0 Å². The van der Waals surface area contributed by atoms with Crippen molar-refractivity contribution in [1.29, 1.82) is 0 Å². The van der Waals surface area contributed by atoms with E-state index in [2.05, 4.69) is 10.3 Å². The highest BCUT2D eigenvalue weighted by Crippen LogP contribution is 2.26. The van der Waals surface area contributed by atoms with Gasteiger partial charge in [-0.2, -0.15) is 0 Å². The first kappa shape index (κ1) is 13.5. The van der Waals surface area contributed by atoms with Gasteiger partial charge in [-0.3, -0.25) is 4.57 Å². The van der Waals surface area contributed by atoms with E-state index in [9.17, 15) is 9.18 Å². The van der Waals surface area contributed by atoms with E-state index >= 15 is 0 Å². The highest BCUT2D eigenvalue weighted by atomic mass is 32.1.